The van der Waals surface area contributed by atoms with Gasteiger partial charge < -0.3 is 9.63 Å². The Kier molecular flexibility index (Phi) is 3.52. The lowest BCUT2D eigenvalue weighted by molar-refractivity contribution is 0.0686. The molecule has 0 saturated carbocycles. The van der Waals surface area contributed by atoms with Gasteiger partial charge in [-0.25, -0.2) is 4.79 Å². The summed E-state index contributed by atoms with van der Waals surface area (Å²) in [6.07, 6.45) is 2.49. The average Bonchev–Trinajstić information content (AvgIpc) is 3.10. The molecule has 0 spiro atoms. The van der Waals surface area contributed by atoms with E-state index >= 15 is 0 Å². The molecule has 1 fully saturated rings. The highest BCUT2D eigenvalue weighted by Gasteiger charge is 2.17. The highest BCUT2D eigenvalue weighted by Crippen LogP contribution is 2.26. The Morgan fingerprint density at radius 1 is 1.30 bits per heavy atom. The zero-order valence-electron chi connectivity index (χ0n) is 11.1. The highest BCUT2D eigenvalue weighted by atomic mass is 16.5. The number of aromatic nitrogens is 1. The molecule has 2 aromatic rings. The number of hydrogen-bond acceptors (Lipinski definition) is 4. The molecule has 1 N–H and O–H groups in total. The molecule has 2 heterocycles. The molecule has 20 heavy (non-hydrogen) atoms. The minimum absolute atomic E-state index is 0.0593. The van der Waals surface area contributed by atoms with E-state index in [1.54, 1.807) is 0 Å². The Labute approximate surface area is 116 Å². The lowest BCUT2D eigenvalue weighted by Gasteiger charge is -2.16. The van der Waals surface area contributed by atoms with Crippen molar-refractivity contribution in [3.8, 4) is 11.3 Å². The molecule has 0 aliphatic carbocycles. The van der Waals surface area contributed by atoms with Crippen molar-refractivity contribution in [1.82, 2.24) is 10.1 Å². The lowest BCUT2D eigenvalue weighted by atomic mass is 10.0. The SMILES string of the molecule is O=C(O)c1cc(-c2ccccc2CN2CCCC2)on1. The monoisotopic (exact) mass is 272 g/mol. The van der Waals surface area contributed by atoms with Crippen LogP contribution in [-0.2, 0) is 6.54 Å². The Balaban J connectivity index is 1.89. The zero-order valence-corrected chi connectivity index (χ0v) is 11.1. The molecular weight excluding hydrogens is 256 g/mol. The van der Waals surface area contributed by atoms with E-state index in [1.807, 2.05) is 18.2 Å². The first kappa shape index (κ1) is 12.9. The minimum Gasteiger partial charge on any atom is -0.476 e. The molecule has 5 heteroatoms. The number of nitrogens with zero attached hydrogens (tertiary/aromatic N) is 2. The summed E-state index contributed by atoms with van der Waals surface area (Å²) >= 11 is 0. The second-order valence-electron chi connectivity index (χ2n) is 5.02. The van der Waals surface area contributed by atoms with Crippen molar-refractivity contribution in [3.63, 3.8) is 0 Å². The van der Waals surface area contributed by atoms with Crippen LogP contribution in [0, 0.1) is 0 Å². The molecule has 104 valence electrons. The number of aromatic carboxylic acids is 1. The summed E-state index contributed by atoms with van der Waals surface area (Å²) in [7, 11) is 0. The maximum absolute atomic E-state index is 10.9. The Bertz CT molecular complexity index is 615. The third kappa shape index (κ3) is 2.58. The Morgan fingerprint density at radius 2 is 2.05 bits per heavy atom. The summed E-state index contributed by atoms with van der Waals surface area (Å²) in [5, 5.41) is 12.5. The van der Waals surface area contributed by atoms with Gasteiger partial charge in [0.1, 0.15) is 0 Å². The van der Waals surface area contributed by atoms with Crippen LogP contribution in [0.25, 0.3) is 11.3 Å². The third-order valence-electron chi connectivity index (χ3n) is 3.60. The number of carbonyl (C=O) groups is 1. The Morgan fingerprint density at radius 3 is 2.75 bits per heavy atom. The van der Waals surface area contributed by atoms with Gasteiger partial charge in [-0.15, -0.1) is 0 Å². The summed E-state index contributed by atoms with van der Waals surface area (Å²) < 4.78 is 5.17. The van der Waals surface area contributed by atoms with Gasteiger partial charge in [-0.2, -0.15) is 0 Å². The first-order chi connectivity index (χ1) is 9.74. The van der Waals surface area contributed by atoms with Crippen molar-refractivity contribution in [2.75, 3.05) is 13.1 Å². The van der Waals surface area contributed by atoms with E-state index in [4.69, 9.17) is 9.63 Å². The summed E-state index contributed by atoms with van der Waals surface area (Å²) in [4.78, 5) is 13.3. The van der Waals surface area contributed by atoms with Gasteiger partial charge in [0.25, 0.3) is 0 Å². The average molecular weight is 272 g/mol. The highest BCUT2D eigenvalue weighted by molar-refractivity contribution is 5.86. The van der Waals surface area contributed by atoms with Crippen molar-refractivity contribution in [3.05, 3.63) is 41.6 Å². The number of hydrogen-bond donors (Lipinski definition) is 1. The number of carboxylic acid groups (broad SMARTS) is 1. The van der Waals surface area contributed by atoms with Crippen LogP contribution in [-0.4, -0.2) is 34.2 Å². The van der Waals surface area contributed by atoms with Crippen LogP contribution < -0.4 is 0 Å². The van der Waals surface area contributed by atoms with E-state index in [-0.39, 0.29) is 5.69 Å². The zero-order chi connectivity index (χ0) is 13.9. The predicted octanol–water partition coefficient (Wildman–Crippen LogP) is 2.64. The van der Waals surface area contributed by atoms with Crippen molar-refractivity contribution in [2.24, 2.45) is 0 Å². The summed E-state index contributed by atoms with van der Waals surface area (Å²) in [6.45, 7) is 3.09. The molecule has 0 atom stereocenters. The van der Waals surface area contributed by atoms with Crippen molar-refractivity contribution < 1.29 is 14.4 Å². The number of likely N-dealkylation sites (tertiary alicyclic amines) is 1. The summed E-state index contributed by atoms with van der Waals surface area (Å²) in [6, 6.07) is 9.38. The fourth-order valence-electron chi connectivity index (χ4n) is 2.58. The van der Waals surface area contributed by atoms with E-state index in [0.717, 1.165) is 30.8 Å². The molecule has 1 aliphatic heterocycles. The van der Waals surface area contributed by atoms with Crippen LogP contribution >= 0.6 is 0 Å². The third-order valence-corrected chi connectivity index (χ3v) is 3.60. The van der Waals surface area contributed by atoms with E-state index < -0.39 is 5.97 Å². The van der Waals surface area contributed by atoms with Crippen LogP contribution in [0.15, 0.2) is 34.9 Å². The number of rotatable bonds is 4. The molecule has 0 radical (unpaired) electrons. The summed E-state index contributed by atoms with van der Waals surface area (Å²) in [5.41, 5.74) is 2.00. The Hall–Kier alpha value is -2.14. The molecular formula is C15H16N2O3. The van der Waals surface area contributed by atoms with Gasteiger partial charge in [-0.05, 0) is 31.5 Å². The van der Waals surface area contributed by atoms with Crippen molar-refractivity contribution in [2.45, 2.75) is 19.4 Å². The first-order valence-electron chi connectivity index (χ1n) is 6.74. The van der Waals surface area contributed by atoms with Gasteiger partial charge in [-0.3, -0.25) is 4.90 Å². The van der Waals surface area contributed by atoms with E-state index in [2.05, 4.69) is 16.1 Å². The van der Waals surface area contributed by atoms with Gasteiger partial charge in [0, 0.05) is 18.2 Å². The maximum Gasteiger partial charge on any atom is 0.358 e. The largest absolute Gasteiger partial charge is 0.476 e. The molecule has 1 aromatic carbocycles. The minimum atomic E-state index is -1.07. The second-order valence-corrected chi connectivity index (χ2v) is 5.02. The maximum atomic E-state index is 10.9. The normalized spacial score (nSPS) is 15.6. The van der Waals surface area contributed by atoms with E-state index in [1.165, 1.54) is 18.9 Å². The fourth-order valence-corrected chi connectivity index (χ4v) is 2.58. The van der Waals surface area contributed by atoms with Gasteiger partial charge in [-0.1, -0.05) is 29.4 Å². The molecule has 1 saturated heterocycles. The first-order valence-corrected chi connectivity index (χ1v) is 6.74. The fraction of sp³-hybridized carbons (Fsp3) is 0.333. The molecule has 1 aromatic heterocycles. The molecule has 0 bridgehead atoms. The van der Waals surface area contributed by atoms with Crippen LogP contribution in [0.3, 0.4) is 0 Å². The van der Waals surface area contributed by atoms with E-state index in [9.17, 15) is 4.79 Å². The van der Waals surface area contributed by atoms with Gasteiger partial charge in [0.2, 0.25) is 0 Å². The molecule has 1 aliphatic rings. The quantitative estimate of drug-likeness (QED) is 0.926. The molecule has 3 rings (SSSR count). The van der Waals surface area contributed by atoms with Crippen LogP contribution in [0.2, 0.25) is 0 Å². The lowest BCUT2D eigenvalue weighted by Crippen LogP contribution is -2.18. The van der Waals surface area contributed by atoms with Crippen molar-refractivity contribution >= 4 is 5.97 Å². The van der Waals surface area contributed by atoms with Gasteiger partial charge >= 0.3 is 5.97 Å². The molecule has 5 nitrogen and oxygen atoms in total. The predicted molar refractivity (Wildman–Crippen MR) is 73.4 cm³/mol. The summed E-state index contributed by atoms with van der Waals surface area (Å²) in [5.74, 6) is -0.561. The van der Waals surface area contributed by atoms with Crippen LogP contribution in [0.1, 0.15) is 28.9 Å². The molecule has 0 unspecified atom stereocenters. The van der Waals surface area contributed by atoms with Crippen LogP contribution in [0.4, 0.5) is 0 Å². The van der Waals surface area contributed by atoms with E-state index in [0.29, 0.717) is 5.76 Å². The van der Waals surface area contributed by atoms with Gasteiger partial charge in [0.15, 0.2) is 11.5 Å². The number of benzene rings is 1. The number of carboxylic acids is 1. The molecule has 0 amide bonds. The standard InChI is InChI=1S/C15H16N2O3/c18-15(19)13-9-14(20-16-13)12-6-2-1-5-11(12)10-17-7-3-4-8-17/h1-2,5-6,9H,3-4,7-8,10H2,(H,18,19). The smallest absolute Gasteiger partial charge is 0.358 e. The van der Waals surface area contributed by atoms with Crippen LogP contribution in [0.5, 0.6) is 0 Å². The van der Waals surface area contributed by atoms with Crippen molar-refractivity contribution in [1.29, 1.82) is 0 Å². The second kappa shape index (κ2) is 5.46. The van der Waals surface area contributed by atoms with Gasteiger partial charge in [0.05, 0.1) is 0 Å². The topological polar surface area (TPSA) is 66.6 Å².